The van der Waals surface area contributed by atoms with Crippen LogP contribution in [-0.2, 0) is 6.42 Å². The Kier molecular flexibility index (Phi) is 2.87. The number of aromatic amines is 1. The monoisotopic (exact) mass is 236 g/mol. The van der Waals surface area contributed by atoms with Crippen LogP contribution in [0, 0.1) is 0 Å². The van der Waals surface area contributed by atoms with Gasteiger partial charge in [0.2, 0.25) is 0 Å². The summed E-state index contributed by atoms with van der Waals surface area (Å²) in [5.41, 5.74) is 10.6. The summed E-state index contributed by atoms with van der Waals surface area (Å²) in [5.74, 6) is 0. The molecule has 0 amide bonds. The minimum absolute atomic E-state index is 0.678. The van der Waals surface area contributed by atoms with Crippen molar-refractivity contribution in [2.45, 2.75) is 6.42 Å². The molecule has 0 fully saturated rings. The van der Waals surface area contributed by atoms with Gasteiger partial charge in [-0.25, -0.2) is 0 Å². The number of hydrogen-bond acceptors (Lipinski definition) is 1. The van der Waals surface area contributed by atoms with E-state index in [-0.39, 0.29) is 0 Å². The maximum atomic E-state index is 5.67. The lowest BCUT2D eigenvalue weighted by molar-refractivity contribution is 0.970. The van der Waals surface area contributed by atoms with Crippen molar-refractivity contribution >= 4 is 10.9 Å². The molecule has 0 aliphatic carbocycles. The normalized spacial score (nSPS) is 10.9. The van der Waals surface area contributed by atoms with Crippen LogP contribution in [0.2, 0.25) is 0 Å². The summed E-state index contributed by atoms with van der Waals surface area (Å²) in [7, 11) is 0. The van der Waals surface area contributed by atoms with Gasteiger partial charge in [-0.15, -0.1) is 0 Å². The predicted octanol–water partition coefficient (Wildman–Crippen LogP) is 3.34. The highest BCUT2D eigenvalue weighted by Crippen LogP contribution is 2.26. The fraction of sp³-hybridized carbons (Fsp3) is 0.125. The summed E-state index contributed by atoms with van der Waals surface area (Å²) in [5, 5.41) is 1.25. The van der Waals surface area contributed by atoms with Crippen molar-refractivity contribution in [1.82, 2.24) is 4.98 Å². The first-order valence-corrected chi connectivity index (χ1v) is 6.24. The zero-order chi connectivity index (χ0) is 12.4. The fourth-order valence-electron chi connectivity index (χ4n) is 2.38. The van der Waals surface area contributed by atoms with Crippen LogP contribution in [-0.4, -0.2) is 11.5 Å². The zero-order valence-electron chi connectivity index (χ0n) is 10.2. The van der Waals surface area contributed by atoms with Gasteiger partial charge in [0.1, 0.15) is 0 Å². The molecule has 3 N–H and O–H groups in total. The van der Waals surface area contributed by atoms with Crippen molar-refractivity contribution in [3.8, 4) is 11.3 Å². The molecule has 0 aliphatic heterocycles. The fourth-order valence-corrected chi connectivity index (χ4v) is 2.38. The Labute approximate surface area is 106 Å². The van der Waals surface area contributed by atoms with E-state index in [1.54, 1.807) is 0 Å². The van der Waals surface area contributed by atoms with Gasteiger partial charge in [0, 0.05) is 22.2 Å². The number of fused-ring (bicyclic) bond motifs is 1. The van der Waals surface area contributed by atoms with Gasteiger partial charge < -0.3 is 10.7 Å². The highest BCUT2D eigenvalue weighted by Gasteiger charge is 2.06. The SMILES string of the molecule is NCCc1ccccc1-c1cc2ccccc2[nH]1. The van der Waals surface area contributed by atoms with Crippen LogP contribution in [0.4, 0.5) is 0 Å². The second kappa shape index (κ2) is 4.67. The summed E-state index contributed by atoms with van der Waals surface area (Å²) in [6.07, 6.45) is 0.908. The van der Waals surface area contributed by atoms with Crippen LogP contribution in [0.15, 0.2) is 54.6 Å². The van der Waals surface area contributed by atoms with Gasteiger partial charge in [-0.2, -0.15) is 0 Å². The molecule has 18 heavy (non-hydrogen) atoms. The number of rotatable bonds is 3. The molecule has 0 aliphatic rings. The molecule has 3 rings (SSSR count). The van der Waals surface area contributed by atoms with Crippen LogP contribution in [0.3, 0.4) is 0 Å². The Bertz CT molecular complexity index is 634. The molecule has 0 bridgehead atoms. The van der Waals surface area contributed by atoms with Crippen molar-refractivity contribution in [2.24, 2.45) is 5.73 Å². The highest BCUT2D eigenvalue weighted by atomic mass is 14.7. The van der Waals surface area contributed by atoms with Gasteiger partial charge in [0.25, 0.3) is 0 Å². The minimum Gasteiger partial charge on any atom is -0.355 e. The summed E-state index contributed by atoms with van der Waals surface area (Å²) in [4.78, 5) is 3.47. The Hall–Kier alpha value is -2.06. The van der Waals surface area contributed by atoms with Crippen molar-refractivity contribution in [3.63, 3.8) is 0 Å². The first-order valence-electron chi connectivity index (χ1n) is 6.24. The Morgan fingerprint density at radius 3 is 2.56 bits per heavy atom. The average Bonchev–Trinajstić information content (AvgIpc) is 2.83. The number of para-hydroxylation sites is 1. The lowest BCUT2D eigenvalue weighted by Crippen LogP contribution is -2.03. The number of aromatic nitrogens is 1. The van der Waals surface area contributed by atoms with Crippen molar-refractivity contribution in [2.75, 3.05) is 6.54 Å². The van der Waals surface area contributed by atoms with E-state index in [0.29, 0.717) is 6.54 Å². The van der Waals surface area contributed by atoms with E-state index in [2.05, 4.69) is 59.6 Å². The van der Waals surface area contributed by atoms with E-state index in [0.717, 1.165) is 6.42 Å². The lowest BCUT2D eigenvalue weighted by Gasteiger charge is -2.06. The van der Waals surface area contributed by atoms with E-state index < -0.39 is 0 Å². The van der Waals surface area contributed by atoms with Crippen LogP contribution in [0.5, 0.6) is 0 Å². The van der Waals surface area contributed by atoms with Gasteiger partial charge in [-0.3, -0.25) is 0 Å². The van der Waals surface area contributed by atoms with Crippen LogP contribution in [0.1, 0.15) is 5.56 Å². The smallest absolute Gasteiger partial charge is 0.0467 e. The number of hydrogen-bond donors (Lipinski definition) is 2. The topological polar surface area (TPSA) is 41.8 Å². The van der Waals surface area contributed by atoms with Crippen molar-refractivity contribution < 1.29 is 0 Å². The largest absolute Gasteiger partial charge is 0.355 e. The molecular formula is C16H16N2. The summed E-state index contributed by atoms with van der Waals surface area (Å²) in [6.45, 7) is 0.678. The highest BCUT2D eigenvalue weighted by molar-refractivity contribution is 5.86. The summed E-state index contributed by atoms with van der Waals surface area (Å²) in [6, 6.07) is 19.0. The third-order valence-corrected chi connectivity index (χ3v) is 3.25. The average molecular weight is 236 g/mol. The Morgan fingerprint density at radius 1 is 0.944 bits per heavy atom. The number of nitrogens with one attached hydrogen (secondary N) is 1. The number of benzene rings is 2. The lowest BCUT2D eigenvalue weighted by atomic mass is 10.0. The van der Waals surface area contributed by atoms with E-state index >= 15 is 0 Å². The third-order valence-electron chi connectivity index (χ3n) is 3.25. The van der Waals surface area contributed by atoms with Gasteiger partial charge in [0.15, 0.2) is 0 Å². The molecule has 2 aromatic carbocycles. The molecule has 0 atom stereocenters. The zero-order valence-corrected chi connectivity index (χ0v) is 10.2. The number of nitrogens with two attached hydrogens (primary N) is 1. The van der Waals surface area contributed by atoms with Gasteiger partial charge >= 0.3 is 0 Å². The third kappa shape index (κ3) is 1.91. The van der Waals surface area contributed by atoms with Crippen LogP contribution in [0.25, 0.3) is 22.2 Å². The molecule has 1 aromatic heterocycles. The van der Waals surface area contributed by atoms with Gasteiger partial charge in [-0.1, -0.05) is 42.5 Å². The predicted molar refractivity (Wildman–Crippen MR) is 76.5 cm³/mol. The standard InChI is InChI=1S/C16H16N2/c17-10-9-12-5-1-3-7-14(12)16-11-13-6-2-4-8-15(13)18-16/h1-8,11,18H,9-10,17H2. The Morgan fingerprint density at radius 2 is 1.72 bits per heavy atom. The Balaban J connectivity index is 2.13. The summed E-state index contributed by atoms with van der Waals surface area (Å²) < 4.78 is 0. The molecular weight excluding hydrogens is 220 g/mol. The summed E-state index contributed by atoms with van der Waals surface area (Å²) >= 11 is 0. The first kappa shape index (κ1) is 11.1. The van der Waals surface area contributed by atoms with Crippen LogP contribution < -0.4 is 5.73 Å². The maximum Gasteiger partial charge on any atom is 0.0467 e. The molecule has 0 saturated heterocycles. The van der Waals surface area contributed by atoms with Gasteiger partial charge in [0.05, 0.1) is 0 Å². The first-order chi connectivity index (χ1) is 8.88. The molecule has 90 valence electrons. The number of H-pyrrole nitrogens is 1. The van der Waals surface area contributed by atoms with E-state index in [4.69, 9.17) is 5.73 Å². The molecule has 1 heterocycles. The molecule has 3 aromatic rings. The van der Waals surface area contributed by atoms with E-state index in [1.165, 1.54) is 27.7 Å². The maximum absolute atomic E-state index is 5.67. The second-order valence-corrected chi connectivity index (χ2v) is 4.47. The van der Waals surface area contributed by atoms with Crippen molar-refractivity contribution in [3.05, 3.63) is 60.2 Å². The van der Waals surface area contributed by atoms with Crippen LogP contribution >= 0.6 is 0 Å². The quantitative estimate of drug-likeness (QED) is 0.719. The second-order valence-electron chi connectivity index (χ2n) is 4.47. The molecule has 0 unspecified atom stereocenters. The molecule has 0 saturated carbocycles. The molecule has 2 nitrogen and oxygen atoms in total. The van der Waals surface area contributed by atoms with E-state index in [1.807, 2.05) is 0 Å². The minimum atomic E-state index is 0.678. The van der Waals surface area contributed by atoms with Gasteiger partial charge in [-0.05, 0) is 30.7 Å². The molecule has 2 heteroatoms. The molecule has 0 radical (unpaired) electrons. The van der Waals surface area contributed by atoms with E-state index in [9.17, 15) is 0 Å². The van der Waals surface area contributed by atoms with Crippen molar-refractivity contribution in [1.29, 1.82) is 0 Å². The molecule has 0 spiro atoms.